The van der Waals surface area contributed by atoms with Gasteiger partial charge in [0.15, 0.2) is 0 Å². The van der Waals surface area contributed by atoms with Crippen molar-refractivity contribution < 1.29 is 18.7 Å². The fraction of sp³-hybridized carbons (Fsp3) is 0.364. The highest BCUT2D eigenvalue weighted by Gasteiger charge is 2.29. The van der Waals surface area contributed by atoms with E-state index in [-0.39, 0.29) is 17.5 Å². The van der Waals surface area contributed by atoms with Crippen molar-refractivity contribution in [2.75, 3.05) is 0 Å². The van der Waals surface area contributed by atoms with Crippen molar-refractivity contribution >= 4 is 5.97 Å². The maximum atomic E-state index is 13.3. The number of halogens is 2. The van der Waals surface area contributed by atoms with Crippen LogP contribution in [0.3, 0.4) is 0 Å². The number of aliphatic carboxylic acids is 1. The molecular formula is C11H13F2NO2. The molecule has 1 aromatic rings. The van der Waals surface area contributed by atoms with Crippen LogP contribution in [0, 0.1) is 0 Å². The molecule has 0 aliphatic heterocycles. The molecule has 0 fully saturated rings. The summed E-state index contributed by atoms with van der Waals surface area (Å²) in [5.41, 5.74) is 5.32. The van der Waals surface area contributed by atoms with E-state index in [1.54, 1.807) is 0 Å². The van der Waals surface area contributed by atoms with Gasteiger partial charge >= 0.3 is 5.97 Å². The van der Waals surface area contributed by atoms with E-state index in [1.807, 2.05) is 0 Å². The van der Waals surface area contributed by atoms with E-state index in [1.165, 1.54) is 25.1 Å². The maximum absolute atomic E-state index is 13.3. The van der Waals surface area contributed by atoms with E-state index in [0.29, 0.717) is 0 Å². The lowest BCUT2D eigenvalue weighted by atomic mass is 10.00. The third-order valence-electron chi connectivity index (χ3n) is 2.38. The van der Waals surface area contributed by atoms with Crippen LogP contribution in [0.2, 0.25) is 0 Å². The van der Waals surface area contributed by atoms with Gasteiger partial charge in [-0.25, -0.2) is 8.78 Å². The van der Waals surface area contributed by atoms with E-state index in [2.05, 4.69) is 0 Å². The van der Waals surface area contributed by atoms with Crippen LogP contribution in [0.1, 0.15) is 30.5 Å². The van der Waals surface area contributed by atoms with Gasteiger partial charge in [0.25, 0.3) is 5.92 Å². The van der Waals surface area contributed by atoms with Gasteiger partial charge in [-0.2, -0.15) is 0 Å². The van der Waals surface area contributed by atoms with Gasteiger partial charge in [-0.1, -0.05) is 25.1 Å². The molecular weight excluding hydrogens is 216 g/mol. The Kier molecular flexibility index (Phi) is 3.59. The van der Waals surface area contributed by atoms with Gasteiger partial charge in [-0.15, -0.1) is 0 Å². The molecule has 16 heavy (non-hydrogen) atoms. The molecule has 88 valence electrons. The van der Waals surface area contributed by atoms with Gasteiger partial charge in [-0.3, -0.25) is 4.79 Å². The monoisotopic (exact) mass is 229 g/mol. The Hall–Kier alpha value is -1.49. The van der Waals surface area contributed by atoms with Crippen molar-refractivity contribution in [1.29, 1.82) is 0 Å². The molecule has 0 saturated carbocycles. The van der Waals surface area contributed by atoms with Crippen LogP contribution < -0.4 is 5.73 Å². The van der Waals surface area contributed by atoms with Crippen molar-refractivity contribution in [3.8, 4) is 0 Å². The molecule has 0 bridgehead atoms. The zero-order chi connectivity index (χ0) is 12.3. The summed E-state index contributed by atoms with van der Waals surface area (Å²) >= 11 is 0. The van der Waals surface area contributed by atoms with E-state index in [9.17, 15) is 13.6 Å². The molecule has 1 atom stereocenters. The molecule has 0 amide bonds. The zero-order valence-corrected chi connectivity index (χ0v) is 8.78. The van der Waals surface area contributed by atoms with E-state index < -0.39 is 17.9 Å². The third-order valence-corrected chi connectivity index (χ3v) is 2.38. The molecule has 0 saturated heterocycles. The van der Waals surface area contributed by atoms with E-state index in [4.69, 9.17) is 10.8 Å². The average molecular weight is 229 g/mol. The molecule has 0 aromatic heterocycles. The van der Waals surface area contributed by atoms with Crippen molar-refractivity contribution in [1.82, 2.24) is 0 Å². The van der Waals surface area contributed by atoms with Gasteiger partial charge in [0.2, 0.25) is 0 Å². The number of carbonyl (C=O) groups is 1. The summed E-state index contributed by atoms with van der Waals surface area (Å²) in [6.07, 6.45) is -0.335. The zero-order valence-electron chi connectivity index (χ0n) is 8.78. The summed E-state index contributed by atoms with van der Waals surface area (Å²) in [7, 11) is 0. The molecule has 1 aromatic carbocycles. The number of benzene rings is 1. The predicted octanol–water partition coefficient (Wildman–Crippen LogP) is 2.27. The molecule has 1 unspecified atom stereocenters. The van der Waals surface area contributed by atoms with Crippen molar-refractivity contribution in [3.05, 3.63) is 35.4 Å². The minimum atomic E-state index is -2.95. The highest BCUT2D eigenvalue weighted by atomic mass is 19.3. The molecule has 5 heteroatoms. The number of rotatable bonds is 4. The fourth-order valence-corrected chi connectivity index (χ4v) is 1.31. The van der Waals surface area contributed by atoms with Crippen LogP contribution in [0.25, 0.3) is 0 Å². The van der Waals surface area contributed by atoms with Crippen LogP contribution >= 0.6 is 0 Å². The molecule has 0 aliphatic carbocycles. The molecule has 0 heterocycles. The number of carboxylic acid groups (broad SMARTS) is 1. The largest absolute Gasteiger partial charge is 0.480 e. The van der Waals surface area contributed by atoms with Gasteiger partial charge in [-0.05, 0) is 11.6 Å². The SMILES string of the molecule is CCC(F)(F)c1cccc(C(N)C(=O)O)c1. The van der Waals surface area contributed by atoms with Gasteiger partial charge < -0.3 is 10.8 Å². The summed E-state index contributed by atoms with van der Waals surface area (Å²) in [5.74, 6) is -4.19. The Morgan fingerprint density at radius 2 is 2.19 bits per heavy atom. The number of hydrogen-bond acceptors (Lipinski definition) is 2. The van der Waals surface area contributed by atoms with Crippen LogP contribution in [-0.2, 0) is 10.7 Å². The second-order valence-corrected chi connectivity index (χ2v) is 3.50. The fourth-order valence-electron chi connectivity index (χ4n) is 1.31. The standard InChI is InChI=1S/C11H13F2NO2/c1-2-11(12,13)8-5-3-4-7(6-8)9(14)10(15)16/h3-6,9H,2,14H2,1H3,(H,15,16). The first-order chi connectivity index (χ1) is 7.38. The van der Waals surface area contributed by atoms with E-state index in [0.717, 1.165) is 6.07 Å². The first-order valence-corrected chi connectivity index (χ1v) is 4.85. The molecule has 0 radical (unpaired) electrons. The van der Waals surface area contributed by atoms with Crippen LogP contribution in [0.4, 0.5) is 8.78 Å². The van der Waals surface area contributed by atoms with Gasteiger partial charge in [0.1, 0.15) is 6.04 Å². The summed E-state index contributed by atoms with van der Waals surface area (Å²) in [6, 6.07) is 3.95. The van der Waals surface area contributed by atoms with E-state index >= 15 is 0 Å². The predicted molar refractivity (Wildman–Crippen MR) is 55.2 cm³/mol. The molecule has 3 N–H and O–H groups in total. The highest BCUT2D eigenvalue weighted by Crippen LogP contribution is 2.32. The molecule has 3 nitrogen and oxygen atoms in total. The third kappa shape index (κ3) is 2.55. The minimum absolute atomic E-state index is 0.179. The summed E-state index contributed by atoms with van der Waals surface area (Å²) in [6.45, 7) is 1.36. The lowest BCUT2D eigenvalue weighted by Crippen LogP contribution is -2.21. The van der Waals surface area contributed by atoms with Crippen molar-refractivity contribution in [3.63, 3.8) is 0 Å². The second-order valence-electron chi connectivity index (χ2n) is 3.50. The maximum Gasteiger partial charge on any atom is 0.325 e. The normalized spacial score (nSPS) is 13.5. The topological polar surface area (TPSA) is 63.3 Å². The molecule has 0 aliphatic rings. The number of nitrogens with two attached hydrogens (primary N) is 1. The Balaban J connectivity index is 3.09. The quantitative estimate of drug-likeness (QED) is 0.832. The average Bonchev–Trinajstić information content (AvgIpc) is 2.28. The Labute approximate surface area is 91.9 Å². The number of hydrogen-bond donors (Lipinski definition) is 2. The smallest absolute Gasteiger partial charge is 0.325 e. The summed E-state index contributed by atoms with van der Waals surface area (Å²) in [5, 5.41) is 8.67. The van der Waals surface area contributed by atoms with Crippen LogP contribution in [0.15, 0.2) is 24.3 Å². The molecule has 0 spiro atoms. The van der Waals surface area contributed by atoms with Gasteiger partial charge in [0, 0.05) is 12.0 Å². The highest BCUT2D eigenvalue weighted by molar-refractivity contribution is 5.75. The molecule has 1 rings (SSSR count). The lowest BCUT2D eigenvalue weighted by molar-refractivity contribution is -0.138. The Bertz CT molecular complexity index is 393. The van der Waals surface area contributed by atoms with Crippen molar-refractivity contribution in [2.24, 2.45) is 5.73 Å². The van der Waals surface area contributed by atoms with Crippen LogP contribution in [-0.4, -0.2) is 11.1 Å². The number of carboxylic acids is 1. The minimum Gasteiger partial charge on any atom is -0.480 e. The Morgan fingerprint density at radius 3 is 2.69 bits per heavy atom. The first-order valence-electron chi connectivity index (χ1n) is 4.85. The Morgan fingerprint density at radius 1 is 1.56 bits per heavy atom. The van der Waals surface area contributed by atoms with Crippen LogP contribution in [0.5, 0.6) is 0 Å². The lowest BCUT2D eigenvalue weighted by Gasteiger charge is -2.16. The van der Waals surface area contributed by atoms with Crippen molar-refractivity contribution in [2.45, 2.75) is 25.3 Å². The first kappa shape index (κ1) is 12.6. The summed E-state index contributed by atoms with van der Waals surface area (Å²) < 4.78 is 26.7. The second kappa shape index (κ2) is 4.57. The van der Waals surface area contributed by atoms with Gasteiger partial charge in [0.05, 0.1) is 0 Å². The number of alkyl halides is 2. The summed E-state index contributed by atoms with van der Waals surface area (Å²) in [4.78, 5) is 10.6.